The van der Waals surface area contributed by atoms with E-state index < -0.39 is 15.8 Å². The Bertz CT molecular complexity index is 1890. The number of hydrogen-bond acceptors (Lipinski definition) is 0. The van der Waals surface area contributed by atoms with Crippen molar-refractivity contribution in [1.29, 1.82) is 0 Å². The molecule has 0 aliphatic rings. The second kappa shape index (κ2) is 14.0. The third-order valence-electron chi connectivity index (χ3n) is 9.07. The van der Waals surface area contributed by atoms with Gasteiger partial charge in [0.15, 0.2) is 0 Å². The molecule has 0 heterocycles. The van der Waals surface area contributed by atoms with Crippen LogP contribution < -0.4 is 21.2 Å². The largest absolute Gasteiger partial charge is 0.0622 e. The van der Waals surface area contributed by atoms with Crippen molar-refractivity contribution < 1.29 is 0 Å². The molecule has 0 aromatic heterocycles. The lowest BCUT2D eigenvalue weighted by atomic mass is 9.91. The summed E-state index contributed by atoms with van der Waals surface area (Å²) in [5, 5.41) is 8.14. The zero-order valence-corrected chi connectivity index (χ0v) is 27.9. The second-order valence-electron chi connectivity index (χ2n) is 12.0. The van der Waals surface area contributed by atoms with Gasteiger partial charge in [-0.1, -0.05) is 201 Å². The highest BCUT2D eigenvalue weighted by Gasteiger charge is 2.42. The van der Waals surface area contributed by atoms with E-state index in [2.05, 4.69) is 201 Å². The van der Waals surface area contributed by atoms with Gasteiger partial charge in [0.2, 0.25) is 0 Å². The highest BCUT2D eigenvalue weighted by Crippen LogP contribution is 2.64. The summed E-state index contributed by atoms with van der Waals surface area (Å²) in [7, 11) is -1.56. The maximum absolute atomic E-state index is 2.55. The first-order valence-corrected chi connectivity index (χ1v) is 18.8. The molecule has 7 aromatic carbocycles. The highest BCUT2D eigenvalue weighted by molar-refractivity contribution is 7.74. The Morgan fingerprint density at radius 3 is 1.37 bits per heavy atom. The molecule has 7 aromatic rings. The molecular formula is C44H38P2. The first kappa shape index (κ1) is 30.3. The first-order chi connectivity index (χ1) is 22.7. The molecule has 0 fully saturated rings. The monoisotopic (exact) mass is 628 g/mol. The van der Waals surface area contributed by atoms with Crippen molar-refractivity contribution >= 4 is 47.8 Å². The van der Waals surface area contributed by atoms with Crippen molar-refractivity contribution in [1.82, 2.24) is 0 Å². The van der Waals surface area contributed by atoms with Gasteiger partial charge in [0.1, 0.15) is 0 Å². The van der Waals surface area contributed by atoms with E-state index in [0.717, 1.165) is 6.42 Å². The minimum atomic E-state index is -0.791. The zero-order chi connectivity index (χ0) is 31.2. The van der Waals surface area contributed by atoms with Crippen molar-refractivity contribution in [3.63, 3.8) is 0 Å². The summed E-state index contributed by atoms with van der Waals surface area (Å²) in [6, 6.07) is 72.3. The van der Waals surface area contributed by atoms with Crippen molar-refractivity contribution in [2.45, 2.75) is 24.2 Å². The summed E-state index contributed by atoms with van der Waals surface area (Å²) in [5.74, 6) is 0. The third-order valence-corrected chi connectivity index (χ3v) is 14.9. The van der Waals surface area contributed by atoms with Gasteiger partial charge in [-0.3, -0.25) is 0 Å². The van der Waals surface area contributed by atoms with Crippen molar-refractivity contribution in [2.24, 2.45) is 0 Å². The van der Waals surface area contributed by atoms with Crippen LogP contribution in [0.2, 0.25) is 0 Å². The summed E-state index contributed by atoms with van der Waals surface area (Å²) in [5.41, 5.74) is 3.10. The Morgan fingerprint density at radius 2 is 0.848 bits per heavy atom. The number of benzene rings is 7. The molecule has 46 heavy (non-hydrogen) atoms. The van der Waals surface area contributed by atoms with Gasteiger partial charge in [-0.2, -0.15) is 0 Å². The van der Waals surface area contributed by atoms with E-state index >= 15 is 0 Å². The molecule has 0 radical (unpaired) electrons. The summed E-state index contributed by atoms with van der Waals surface area (Å²) in [6.07, 6.45) is 0.996. The fourth-order valence-electron chi connectivity index (χ4n) is 6.95. The molecule has 0 amide bonds. The minimum Gasteiger partial charge on any atom is -0.0622 e. The average Bonchev–Trinajstić information content (AvgIpc) is 3.13. The Hall–Kier alpha value is -4.34. The summed E-state index contributed by atoms with van der Waals surface area (Å²) in [6.45, 7) is 2.55. The van der Waals surface area contributed by atoms with Crippen LogP contribution in [0.5, 0.6) is 0 Å². The lowest BCUT2D eigenvalue weighted by Gasteiger charge is -2.44. The molecule has 2 unspecified atom stereocenters. The van der Waals surface area contributed by atoms with E-state index in [1.165, 1.54) is 43.1 Å². The van der Waals surface area contributed by atoms with E-state index in [1.54, 1.807) is 0 Å². The Labute approximate surface area is 276 Å². The average molecular weight is 629 g/mol. The number of rotatable bonds is 10. The second-order valence-corrected chi connectivity index (χ2v) is 17.1. The van der Waals surface area contributed by atoms with Gasteiger partial charge < -0.3 is 0 Å². The van der Waals surface area contributed by atoms with Crippen molar-refractivity contribution in [3.8, 4) is 0 Å². The van der Waals surface area contributed by atoms with Crippen LogP contribution in [-0.2, 0) is 5.16 Å². The van der Waals surface area contributed by atoms with Crippen LogP contribution in [0.4, 0.5) is 0 Å². The number of fused-ring (bicyclic) bond motifs is 1. The van der Waals surface area contributed by atoms with Gasteiger partial charge in [0.25, 0.3) is 0 Å². The Balaban J connectivity index is 1.52. The van der Waals surface area contributed by atoms with Gasteiger partial charge in [0.05, 0.1) is 0 Å². The Morgan fingerprint density at radius 1 is 0.435 bits per heavy atom. The molecule has 0 spiro atoms. The van der Waals surface area contributed by atoms with E-state index in [1.807, 2.05) is 0 Å². The van der Waals surface area contributed by atoms with E-state index in [-0.39, 0.29) is 10.8 Å². The summed E-state index contributed by atoms with van der Waals surface area (Å²) >= 11 is 0. The molecule has 0 bridgehead atoms. The molecule has 224 valence electrons. The standard InChI is InChI=1S/C44H38P2/c1-44(36-22-7-2-8-23-36,46(39-28-13-5-14-29-39)40-30-15-6-16-31-40)34-43(42-33-19-21-35-20-17-18-32-41(35)42)45(37-24-9-3-10-25-37)38-26-11-4-12-27-38/h2-33,43H,34H2,1H3. The zero-order valence-electron chi connectivity index (χ0n) is 26.2. The predicted molar refractivity (Wildman–Crippen MR) is 203 cm³/mol. The molecule has 0 aliphatic heterocycles. The lowest BCUT2D eigenvalue weighted by Crippen LogP contribution is -2.33. The van der Waals surface area contributed by atoms with E-state index in [4.69, 9.17) is 0 Å². The molecule has 0 saturated heterocycles. The SMILES string of the molecule is CC(CC(c1cccc2ccccc12)P(c1ccccc1)c1ccccc1)(c1ccccc1)P(c1ccccc1)c1ccccc1. The van der Waals surface area contributed by atoms with Crippen LogP contribution >= 0.6 is 15.8 Å². The molecular weight excluding hydrogens is 590 g/mol. The van der Waals surface area contributed by atoms with Gasteiger partial charge in [-0.15, -0.1) is 0 Å². The van der Waals surface area contributed by atoms with Crippen LogP contribution in [0, 0.1) is 0 Å². The van der Waals surface area contributed by atoms with Gasteiger partial charge in [-0.05, 0) is 65.4 Å². The van der Waals surface area contributed by atoms with Gasteiger partial charge in [0, 0.05) is 10.8 Å². The van der Waals surface area contributed by atoms with E-state index in [0.29, 0.717) is 0 Å². The normalized spacial score (nSPS) is 13.5. The topological polar surface area (TPSA) is 0 Å². The van der Waals surface area contributed by atoms with E-state index in [9.17, 15) is 0 Å². The lowest BCUT2D eigenvalue weighted by molar-refractivity contribution is 0.604. The molecule has 0 nitrogen and oxygen atoms in total. The van der Waals surface area contributed by atoms with Crippen LogP contribution in [-0.4, -0.2) is 0 Å². The highest BCUT2D eigenvalue weighted by atomic mass is 31.1. The summed E-state index contributed by atoms with van der Waals surface area (Å²) < 4.78 is 0. The maximum atomic E-state index is 2.55. The van der Waals surface area contributed by atoms with Crippen LogP contribution in [0.3, 0.4) is 0 Å². The molecule has 7 rings (SSSR count). The molecule has 2 heteroatoms. The third kappa shape index (κ3) is 6.22. The number of hydrogen-bond donors (Lipinski definition) is 0. The smallest absolute Gasteiger partial charge is 0.0216 e. The minimum absolute atomic E-state index is 0.176. The molecule has 2 atom stereocenters. The maximum Gasteiger partial charge on any atom is 0.0216 e. The molecule has 0 N–H and O–H groups in total. The Kier molecular flexibility index (Phi) is 9.21. The van der Waals surface area contributed by atoms with Crippen LogP contribution in [0.25, 0.3) is 10.8 Å². The van der Waals surface area contributed by atoms with Crippen molar-refractivity contribution in [2.75, 3.05) is 0 Å². The van der Waals surface area contributed by atoms with Gasteiger partial charge in [-0.25, -0.2) is 0 Å². The quantitative estimate of drug-likeness (QED) is 0.132. The fourth-order valence-corrected chi connectivity index (χ4v) is 13.3. The van der Waals surface area contributed by atoms with Gasteiger partial charge >= 0.3 is 0 Å². The molecule has 0 aliphatic carbocycles. The van der Waals surface area contributed by atoms with Crippen LogP contribution in [0.15, 0.2) is 194 Å². The predicted octanol–water partition coefficient (Wildman–Crippen LogP) is 10.5. The fraction of sp³-hybridized carbons (Fsp3) is 0.0909. The summed E-state index contributed by atoms with van der Waals surface area (Å²) in [4.78, 5) is 0. The van der Waals surface area contributed by atoms with Crippen molar-refractivity contribution in [3.05, 3.63) is 205 Å². The first-order valence-electron chi connectivity index (χ1n) is 16.1. The van der Waals surface area contributed by atoms with Crippen LogP contribution in [0.1, 0.15) is 30.1 Å². The molecule has 0 saturated carbocycles.